The van der Waals surface area contributed by atoms with Gasteiger partial charge in [-0.2, -0.15) is 0 Å². The van der Waals surface area contributed by atoms with Crippen molar-refractivity contribution in [3.63, 3.8) is 0 Å². The molecule has 1 saturated heterocycles. The summed E-state index contributed by atoms with van der Waals surface area (Å²) in [6, 6.07) is 4.45. The minimum Gasteiger partial charge on any atom is -0.463 e. The summed E-state index contributed by atoms with van der Waals surface area (Å²) in [4.78, 5) is 48.7. The Hall–Kier alpha value is -3.12. The third-order valence-electron chi connectivity index (χ3n) is 4.21. The largest absolute Gasteiger partial charge is 0.463 e. The molecule has 0 aromatic heterocycles. The molecule has 0 aliphatic carbocycles. The minimum atomic E-state index is -0.975. The van der Waals surface area contributed by atoms with Crippen LogP contribution >= 0.6 is 12.2 Å². The molecule has 2 rings (SSSR count). The van der Waals surface area contributed by atoms with Gasteiger partial charge in [-0.25, -0.2) is 0 Å². The molecule has 1 aromatic rings. The van der Waals surface area contributed by atoms with Crippen LogP contribution in [0.25, 0.3) is 0 Å². The van der Waals surface area contributed by atoms with Gasteiger partial charge in [0.05, 0.1) is 18.0 Å². The van der Waals surface area contributed by atoms with E-state index in [1.165, 1.54) is 29.2 Å². The number of rotatable bonds is 8. The van der Waals surface area contributed by atoms with Gasteiger partial charge in [-0.1, -0.05) is 12.1 Å². The monoisotopic (exact) mass is 438 g/mol. The lowest BCUT2D eigenvalue weighted by Crippen LogP contribution is -2.60. The zero-order valence-electron chi connectivity index (χ0n) is 16.3. The van der Waals surface area contributed by atoms with Crippen molar-refractivity contribution in [2.24, 2.45) is 0 Å². The normalized spacial score (nSPS) is 15.8. The number of carbonyl (C=O) groups excluding carboxylic acids is 3. The highest BCUT2D eigenvalue weighted by atomic mass is 32.1. The summed E-state index contributed by atoms with van der Waals surface area (Å²) < 4.78 is 10.1. The van der Waals surface area contributed by atoms with E-state index < -0.39 is 28.7 Å². The molecule has 1 aromatic carbocycles. The number of piperazine rings is 1. The van der Waals surface area contributed by atoms with Gasteiger partial charge in [-0.15, -0.1) is 0 Å². The molecule has 12 heteroatoms. The van der Waals surface area contributed by atoms with Gasteiger partial charge >= 0.3 is 5.97 Å². The molecule has 11 nitrogen and oxygen atoms in total. The van der Waals surface area contributed by atoms with E-state index in [0.717, 1.165) is 0 Å². The van der Waals surface area contributed by atoms with Crippen LogP contribution in [0, 0.1) is 10.1 Å². The number of nitro groups is 1. The molecule has 1 heterocycles. The molecular weight excluding hydrogens is 416 g/mol. The molecule has 1 unspecified atom stereocenters. The fourth-order valence-corrected chi connectivity index (χ4v) is 3.11. The highest BCUT2D eigenvalue weighted by molar-refractivity contribution is 7.80. The molecule has 1 aliphatic heterocycles. The van der Waals surface area contributed by atoms with Crippen molar-refractivity contribution in [1.29, 1.82) is 0 Å². The number of benzene rings is 1. The zero-order valence-corrected chi connectivity index (χ0v) is 17.1. The van der Waals surface area contributed by atoms with E-state index in [-0.39, 0.29) is 49.1 Å². The van der Waals surface area contributed by atoms with E-state index >= 15 is 0 Å². The number of esters is 1. The lowest BCUT2D eigenvalue weighted by Gasteiger charge is -2.36. The number of thiocarbonyl (C=S) groups is 1. The van der Waals surface area contributed by atoms with E-state index in [1.54, 1.807) is 0 Å². The Balaban J connectivity index is 2.05. The maximum atomic E-state index is 12.5. The maximum Gasteiger partial charge on any atom is 0.308 e. The van der Waals surface area contributed by atoms with Gasteiger partial charge in [-0.3, -0.25) is 29.8 Å². The van der Waals surface area contributed by atoms with Crippen molar-refractivity contribution in [1.82, 2.24) is 15.5 Å². The van der Waals surface area contributed by atoms with Gasteiger partial charge < -0.3 is 19.7 Å². The lowest BCUT2D eigenvalue weighted by atomic mass is 10.1. The third kappa shape index (κ3) is 6.19. The Labute approximate surface area is 177 Å². The predicted molar refractivity (Wildman–Crippen MR) is 109 cm³/mol. The fourth-order valence-electron chi connectivity index (χ4n) is 2.80. The lowest BCUT2D eigenvalue weighted by molar-refractivity contribution is -0.385. The number of para-hydroxylation sites is 1. The summed E-state index contributed by atoms with van der Waals surface area (Å²) in [5.41, 5.74) is -0.540. The maximum absolute atomic E-state index is 12.5. The predicted octanol–water partition coefficient (Wildman–Crippen LogP) is 0.380. The Morgan fingerprint density at radius 1 is 1.37 bits per heavy atom. The number of carbonyl (C=O) groups is 3. The second kappa shape index (κ2) is 11.2. The average molecular weight is 438 g/mol. The van der Waals surface area contributed by atoms with E-state index in [0.29, 0.717) is 6.61 Å². The van der Waals surface area contributed by atoms with Gasteiger partial charge in [0.1, 0.15) is 18.2 Å². The van der Waals surface area contributed by atoms with Crippen LogP contribution < -0.4 is 10.6 Å². The first-order chi connectivity index (χ1) is 14.3. The number of nitrogens with one attached hydrogen (secondary N) is 2. The first-order valence-electron chi connectivity index (χ1n) is 9.21. The summed E-state index contributed by atoms with van der Waals surface area (Å²) in [6.07, 6.45) is -0.278. The Morgan fingerprint density at radius 2 is 2.10 bits per heavy atom. The SMILES string of the molecule is CCOCCOC(=O)CC1C(=O)NCCN1C(=S)NC(=O)c1ccccc1[N+](=O)[O-]. The highest BCUT2D eigenvalue weighted by Crippen LogP contribution is 2.18. The number of hydrogen-bond donors (Lipinski definition) is 2. The first-order valence-corrected chi connectivity index (χ1v) is 9.62. The van der Waals surface area contributed by atoms with Gasteiger partial charge in [0.2, 0.25) is 5.91 Å². The molecule has 0 bridgehead atoms. The minimum absolute atomic E-state index is 0.0554. The fraction of sp³-hybridized carbons (Fsp3) is 0.444. The molecule has 162 valence electrons. The smallest absolute Gasteiger partial charge is 0.308 e. The summed E-state index contributed by atoms with van der Waals surface area (Å²) in [5, 5.41) is 16.1. The average Bonchev–Trinajstić information content (AvgIpc) is 2.72. The van der Waals surface area contributed by atoms with Crippen LogP contribution in [-0.4, -0.2) is 71.7 Å². The number of nitrogens with zero attached hydrogens (tertiary/aromatic N) is 2. The van der Waals surface area contributed by atoms with Crippen molar-refractivity contribution >= 4 is 40.8 Å². The van der Waals surface area contributed by atoms with Crippen LogP contribution in [0.5, 0.6) is 0 Å². The number of hydrogen-bond acceptors (Lipinski definition) is 8. The Bertz CT molecular complexity index is 833. The number of amides is 2. The standard InChI is InChI=1S/C18H22N4O7S/c1-2-28-9-10-29-15(23)11-14-17(25)19-7-8-21(14)18(30)20-16(24)12-5-3-4-6-13(12)22(26)27/h3-6,14H,2,7-11H2,1H3,(H,19,25)(H,20,24,30). The van der Waals surface area contributed by atoms with E-state index in [2.05, 4.69) is 10.6 Å². The summed E-state index contributed by atoms with van der Waals surface area (Å²) in [7, 11) is 0. The van der Waals surface area contributed by atoms with Crippen LogP contribution in [0.15, 0.2) is 24.3 Å². The van der Waals surface area contributed by atoms with Gasteiger partial charge in [0.15, 0.2) is 5.11 Å². The van der Waals surface area contributed by atoms with E-state index in [1.807, 2.05) is 6.92 Å². The van der Waals surface area contributed by atoms with E-state index in [9.17, 15) is 24.5 Å². The van der Waals surface area contributed by atoms with Crippen molar-refractivity contribution in [3.8, 4) is 0 Å². The molecule has 30 heavy (non-hydrogen) atoms. The molecule has 0 spiro atoms. The Kier molecular flexibility index (Phi) is 8.62. The second-order valence-corrected chi connectivity index (χ2v) is 6.54. The summed E-state index contributed by atoms with van der Waals surface area (Å²) >= 11 is 5.24. The molecule has 0 saturated carbocycles. The van der Waals surface area contributed by atoms with Crippen molar-refractivity contribution in [2.75, 3.05) is 32.9 Å². The van der Waals surface area contributed by atoms with Crippen LogP contribution in [0.1, 0.15) is 23.7 Å². The molecule has 0 radical (unpaired) electrons. The molecule has 2 N–H and O–H groups in total. The molecule has 2 amide bonds. The zero-order chi connectivity index (χ0) is 22.1. The van der Waals surface area contributed by atoms with Gasteiger partial charge in [0.25, 0.3) is 11.6 Å². The van der Waals surface area contributed by atoms with Crippen LogP contribution in [-0.2, 0) is 19.1 Å². The van der Waals surface area contributed by atoms with Crippen LogP contribution in [0.2, 0.25) is 0 Å². The molecule has 1 aliphatic rings. The van der Waals surface area contributed by atoms with Crippen molar-refractivity contribution in [3.05, 3.63) is 39.9 Å². The highest BCUT2D eigenvalue weighted by Gasteiger charge is 2.34. The first kappa shape index (κ1) is 23.2. The van der Waals surface area contributed by atoms with Crippen molar-refractivity contribution < 1.29 is 28.8 Å². The second-order valence-electron chi connectivity index (χ2n) is 6.16. The van der Waals surface area contributed by atoms with Crippen LogP contribution in [0.3, 0.4) is 0 Å². The molecular formula is C18H22N4O7S. The Morgan fingerprint density at radius 3 is 2.80 bits per heavy atom. The van der Waals surface area contributed by atoms with Gasteiger partial charge in [-0.05, 0) is 25.2 Å². The van der Waals surface area contributed by atoms with E-state index in [4.69, 9.17) is 21.7 Å². The quantitative estimate of drug-likeness (QED) is 0.194. The van der Waals surface area contributed by atoms with Crippen molar-refractivity contribution in [2.45, 2.75) is 19.4 Å². The number of ether oxygens (including phenoxy) is 2. The summed E-state index contributed by atoms with van der Waals surface area (Å²) in [5.74, 6) is -1.84. The number of nitro benzene ring substituents is 1. The van der Waals surface area contributed by atoms with Crippen LogP contribution in [0.4, 0.5) is 5.69 Å². The van der Waals surface area contributed by atoms with Gasteiger partial charge in [0, 0.05) is 25.8 Å². The molecule has 1 atom stereocenters. The topological polar surface area (TPSA) is 140 Å². The summed E-state index contributed by atoms with van der Waals surface area (Å²) in [6.45, 7) is 3.11. The third-order valence-corrected chi connectivity index (χ3v) is 4.55. The molecule has 1 fully saturated rings.